The summed E-state index contributed by atoms with van der Waals surface area (Å²) in [5.74, 6) is 1.43. The molecule has 1 saturated carbocycles. The van der Waals surface area contributed by atoms with Crippen LogP contribution in [-0.2, 0) is 0 Å². The zero-order valence-corrected chi connectivity index (χ0v) is 9.06. The Labute approximate surface area is 94.0 Å². The van der Waals surface area contributed by atoms with E-state index in [4.69, 9.17) is 0 Å². The molecule has 0 spiro atoms. The Morgan fingerprint density at radius 1 is 1.56 bits per heavy atom. The lowest BCUT2D eigenvalue weighted by Crippen LogP contribution is -2.15. The van der Waals surface area contributed by atoms with Gasteiger partial charge in [-0.3, -0.25) is 10.1 Å². The number of anilines is 1. The van der Waals surface area contributed by atoms with E-state index in [2.05, 4.69) is 10.3 Å². The third-order valence-electron chi connectivity index (χ3n) is 3.04. The quantitative estimate of drug-likeness (QED) is 0.613. The van der Waals surface area contributed by atoms with Crippen LogP contribution in [0.1, 0.15) is 25.7 Å². The van der Waals surface area contributed by atoms with Gasteiger partial charge >= 0.3 is 0 Å². The maximum atomic E-state index is 10.5. The van der Waals surface area contributed by atoms with Crippen LogP contribution in [0.3, 0.4) is 0 Å². The van der Waals surface area contributed by atoms with Gasteiger partial charge in [-0.25, -0.2) is 4.98 Å². The molecule has 0 radical (unpaired) electrons. The van der Waals surface area contributed by atoms with E-state index in [1.165, 1.54) is 37.6 Å². The van der Waals surface area contributed by atoms with Gasteiger partial charge in [0.05, 0.1) is 11.0 Å². The van der Waals surface area contributed by atoms with E-state index in [9.17, 15) is 10.1 Å². The summed E-state index contributed by atoms with van der Waals surface area (Å²) in [4.78, 5) is 14.2. The van der Waals surface area contributed by atoms with Crippen LogP contribution < -0.4 is 5.32 Å². The molecule has 0 unspecified atom stereocenters. The lowest BCUT2D eigenvalue weighted by molar-refractivity contribution is -0.384. The van der Waals surface area contributed by atoms with Gasteiger partial charge < -0.3 is 5.32 Å². The Hall–Kier alpha value is -1.65. The molecule has 1 aliphatic carbocycles. The maximum Gasteiger partial charge on any atom is 0.274 e. The average molecular weight is 221 g/mol. The van der Waals surface area contributed by atoms with Crippen molar-refractivity contribution in [2.45, 2.75) is 25.7 Å². The molecular weight excluding hydrogens is 206 g/mol. The second-order valence-electron chi connectivity index (χ2n) is 4.17. The van der Waals surface area contributed by atoms with Crippen LogP contribution in [0.2, 0.25) is 0 Å². The third kappa shape index (κ3) is 2.68. The smallest absolute Gasteiger partial charge is 0.274 e. The number of nitrogens with one attached hydrogen (secondary N) is 1. The predicted octanol–water partition coefficient (Wildman–Crippen LogP) is 2.59. The minimum atomic E-state index is -0.404. The van der Waals surface area contributed by atoms with Gasteiger partial charge in [0.25, 0.3) is 5.69 Å². The van der Waals surface area contributed by atoms with E-state index in [-0.39, 0.29) is 5.69 Å². The van der Waals surface area contributed by atoms with Crippen molar-refractivity contribution in [3.05, 3.63) is 28.4 Å². The molecule has 2 rings (SSSR count). The summed E-state index contributed by atoms with van der Waals surface area (Å²) in [6.07, 6.45) is 6.59. The van der Waals surface area contributed by atoms with Gasteiger partial charge in [0, 0.05) is 18.8 Å². The Kier molecular flexibility index (Phi) is 3.34. The summed E-state index contributed by atoms with van der Waals surface area (Å²) < 4.78 is 0. The number of hydrogen-bond donors (Lipinski definition) is 1. The van der Waals surface area contributed by atoms with Crippen LogP contribution in [0.25, 0.3) is 0 Å². The first-order valence-corrected chi connectivity index (χ1v) is 5.60. The third-order valence-corrected chi connectivity index (χ3v) is 3.04. The highest BCUT2D eigenvalue weighted by Crippen LogP contribution is 2.29. The summed E-state index contributed by atoms with van der Waals surface area (Å²) in [5, 5.41) is 13.7. The van der Waals surface area contributed by atoms with Crippen molar-refractivity contribution >= 4 is 11.5 Å². The average Bonchev–Trinajstić information content (AvgIpc) is 2.22. The normalized spacial score (nSPS) is 15.5. The standard InChI is InChI=1S/C11H15N3O2/c15-14(16)10-5-7-13-11(8-10)12-6-4-9-2-1-3-9/h5,7-9H,1-4,6H2,(H,12,13). The van der Waals surface area contributed by atoms with Crippen LogP contribution >= 0.6 is 0 Å². The number of aromatic nitrogens is 1. The van der Waals surface area contributed by atoms with Gasteiger partial charge in [-0.15, -0.1) is 0 Å². The molecule has 0 aliphatic heterocycles. The van der Waals surface area contributed by atoms with Gasteiger partial charge in [-0.05, 0) is 12.3 Å². The molecule has 1 fully saturated rings. The molecule has 16 heavy (non-hydrogen) atoms. The zero-order valence-electron chi connectivity index (χ0n) is 9.06. The van der Waals surface area contributed by atoms with Crippen LogP contribution in [0, 0.1) is 16.0 Å². The summed E-state index contributed by atoms with van der Waals surface area (Å²) in [6, 6.07) is 2.87. The highest BCUT2D eigenvalue weighted by Gasteiger charge is 2.16. The van der Waals surface area contributed by atoms with Crippen LogP contribution in [0.4, 0.5) is 11.5 Å². The molecule has 1 aromatic rings. The monoisotopic (exact) mass is 221 g/mol. The van der Waals surface area contributed by atoms with E-state index in [1.54, 1.807) is 0 Å². The largest absolute Gasteiger partial charge is 0.370 e. The van der Waals surface area contributed by atoms with Crippen molar-refractivity contribution in [1.82, 2.24) is 4.98 Å². The summed E-state index contributed by atoms with van der Waals surface area (Å²) in [6.45, 7) is 0.846. The Balaban J connectivity index is 1.83. The molecule has 0 bridgehead atoms. The van der Waals surface area contributed by atoms with Crippen molar-refractivity contribution in [1.29, 1.82) is 0 Å². The van der Waals surface area contributed by atoms with Gasteiger partial charge in [0.2, 0.25) is 0 Å². The van der Waals surface area contributed by atoms with Crippen LogP contribution in [-0.4, -0.2) is 16.5 Å². The molecule has 0 aromatic carbocycles. The fourth-order valence-electron chi connectivity index (χ4n) is 1.82. The molecule has 0 saturated heterocycles. The summed E-state index contributed by atoms with van der Waals surface area (Å²) >= 11 is 0. The second-order valence-corrected chi connectivity index (χ2v) is 4.17. The number of rotatable bonds is 5. The first-order valence-electron chi connectivity index (χ1n) is 5.60. The highest BCUT2D eigenvalue weighted by atomic mass is 16.6. The SMILES string of the molecule is O=[N+]([O-])c1ccnc(NCCC2CCC2)c1. The zero-order chi connectivity index (χ0) is 11.4. The number of nitro groups is 1. The van der Waals surface area contributed by atoms with Crippen molar-refractivity contribution in [2.75, 3.05) is 11.9 Å². The molecule has 0 atom stereocenters. The first kappa shape index (κ1) is 10.9. The molecule has 1 heterocycles. The second kappa shape index (κ2) is 4.92. The predicted molar refractivity (Wildman–Crippen MR) is 61.3 cm³/mol. The van der Waals surface area contributed by atoms with E-state index in [0.717, 1.165) is 18.9 Å². The first-order chi connectivity index (χ1) is 7.75. The van der Waals surface area contributed by atoms with E-state index >= 15 is 0 Å². The van der Waals surface area contributed by atoms with E-state index in [0.29, 0.717) is 5.82 Å². The Bertz CT molecular complexity index is 377. The van der Waals surface area contributed by atoms with Crippen molar-refractivity contribution < 1.29 is 4.92 Å². The lowest BCUT2D eigenvalue weighted by Gasteiger charge is -2.25. The van der Waals surface area contributed by atoms with Gasteiger partial charge in [-0.1, -0.05) is 19.3 Å². The fourth-order valence-corrected chi connectivity index (χ4v) is 1.82. The van der Waals surface area contributed by atoms with Crippen LogP contribution in [0.5, 0.6) is 0 Å². The Morgan fingerprint density at radius 3 is 3.00 bits per heavy atom. The van der Waals surface area contributed by atoms with E-state index in [1.807, 2.05) is 0 Å². The summed E-state index contributed by atoms with van der Waals surface area (Å²) in [7, 11) is 0. The van der Waals surface area contributed by atoms with Gasteiger partial charge in [-0.2, -0.15) is 0 Å². The number of pyridine rings is 1. The molecule has 86 valence electrons. The van der Waals surface area contributed by atoms with Gasteiger partial charge in [0.1, 0.15) is 5.82 Å². The minimum absolute atomic E-state index is 0.0844. The lowest BCUT2D eigenvalue weighted by atomic mass is 9.83. The molecule has 5 nitrogen and oxygen atoms in total. The van der Waals surface area contributed by atoms with Gasteiger partial charge in [0.15, 0.2) is 0 Å². The van der Waals surface area contributed by atoms with Crippen molar-refractivity contribution in [3.63, 3.8) is 0 Å². The molecule has 5 heteroatoms. The fraction of sp³-hybridized carbons (Fsp3) is 0.545. The van der Waals surface area contributed by atoms with Crippen molar-refractivity contribution in [2.24, 2.45) is 5.92 Å². The minimum Gasteiger partial charge on any atom is -0.370 e. The van der Waals surface area contributed by atoms with E-state index < -0.39 is 4.92 Å². The molecule has 1 N–H and O–H groups in total. The maximum absolute atomic E-state index is 10.5. The highest BCUT2D eigenvalue weighted by molar-refractivity contribution is 5.44. The molecule has 0 amide bonds. The molecule has 1 aromatic heterocycles. The van der Waals surface area contributed by atoms with Crippen LogP contribution in [0.15, 0.2) is 18.3 Å². The Morgan fingerprint density at radius 2 is 2.38 bits per heavy atom. The summed E-state index contributed by atoms with van der Waals surface area (Å²) in [5.41, 5.74) is 0.0844. The number of hydrogen-bond acceptors (Lipinski definition) is 4. The van der Waals surface area contributed by atoms with Crippen molar-refractivity contribution in [3.8, 4) is 0 Å². The molecular formula is C11H15N3O2. The topological polar surface area (TPSA) is 68.1 Å². The molecule has 1 aliphatic rings. The number of nitrogens with zero attached hydrogens (tertiary/aromatic N) is 2.